The number of nitrogens with zero attached hydrogens (tertiary/aromatic N) is 2. The van der Waals surface area contributed by atoms with Gasteiger partial charge in [0.15, 0.2) is 15.6 Å². The zero-order valence-corrected chi connectivity index (χ0v) is 16.5. The molecule has 1 aromatic carbocycles. The van der Waals surface area contributed by atoms with E-state index in [1.165, 1.54) is 0 Å². The van der Waals surface area contributed by atoms with Gasteiger partial charge in [-0.25, -0.2) is 8.42 Å². The lowest BCUT2D eigenvalue weighted by Gasteiger charge is -2.52. The Hall–Kier alpha value is -1.90. The van der Waals surface area contributed by atoms with Gasteiger partial charge in [-0.1, -0.05) is 18.2 Å². The first-order valence-electron chi connectivity index (χ1n) is 9.80. The third-order valence-corrected chi connectivity index (χ3v) is 8.32. The van der Waals surface area contributed by atoms with Crippen LogP contribution in [0.5, 0.6) is 0 Å². The highest BCUT2D eigenvalue weighted by Crippen LogP contribution is 2.34. The molecule has 0 radical (unpaired) electrons. The lowest BCUT2D eigenvalue weighted by molar-refractivity contribution is -0.121. The van der Waals surface area contributed by atoms with Crippen LogP contribution in [0.25, 0.3) is 11.0 Å². The molecule has 5 rings (SSSR count). The molecule has 2 aromatic rings. The largest absolute Gasteiger partial charge is 0.451 e. The van der Waals surface area contributed by atoms with Crippen molar-refractivity contribution in [1.29, 1.82) is 0 Å². The van der Waals surface area contributed by atoms with Crippen molar-refractivity contribution >= 4 is 26.7 Å². The third-order valence-electron chi connectivity index (χ3n) is 6.09. The van der Waals surface area contributed by atoms with Crippen LogP contribution in [0, 0.1) is 0 Å². The summed E-state index contributed by atoms with van der Waals surface area (Å²) in [6.07, 6.45) is 2.27. The number of hydrogen-bond acceptors (Lipinski definition) is 6. The van der Waals surface area contributed by atoms with Gasteiger partial charge in [0.1, 0.15) is 11.2 Å². The zero-order valence-electron chi connectivity index (χ0n) is 15.7. The van der Waals surface area contributed by atoms with Crippen LogP contribution in [0.4, 0.5) is 0 Å². The normalized spacial score (nSPS) is 26.6. The number of para-hydroxylation sites is 1. The summed E-state index contributed by atoms with van der Waals surface area (Å²) < 4.78 is 37.3. The maximum atomic E-state index is 12.8. The second-order valence-electron chi connectivity index (χ2n) is 8.24. The standard InChI is InChI=1S/C20H24N2O5S/c23-19(18-9-15-5-1-2-6-17(15)27-18)22-12-20(13-22)14-28(24,25)16(11-26-20)10-21-7-3-4-8-21/h1-2,5-6,9,16H,3-4,7-8,10-14H2/t16-/m0/s1. The van der Waals surface area contributed by atoms with Gasteiger partial charge in [-0.2, -0.15) is 0 Å². The Morgan fingerprint density at radius 2 is 1.93 bits per heavy atom. The van der Waals surface area contributed by atoms with Crippen LogP contribution in [0.15, 0.2) is 34.7 Å². The minimum Gasteiger partial charge on any atom is -0.451 e. The van der Waals surface area contributed by atoms with E-state index in [0.717, 1.165) is 31.3 Å². The van der Waals surface area contributed by atoms with E-state index in [4.69, 9.17) is 9.15 Å². The number of likely N-dealkylation sites (tertiary alicyclic amines) is 2. The first-order chi connectivity index (χ1) is 13.4. The Morgan fingerprint density at radius 1 is 1.18 bits per heavy atom. The minimum absolute atomic E-state index is 0.0115. The Labute approximate surface area is 164 Å². The quantitative estimate of drug-likeness (QED) is 0.772. The maximum absolute atomic E-state index is 12.8. The van der Waals surface area contributed by atoms with E-state index in [1.54, 1.807) is 11.0 Å². The van der Waals surface area contributed by atoms with Crippen molar-refractivity contribution in [3.05, 3.63) is 36.1 Å². The molecule has 1 spiro atoms. The van der Waals surface area contributed by atoms with E-state index >= 15 is 0 Å². The van der Waals surface area contributed by atoms with Crippen LogP contribution in [-0.2, 0) is 14.6 Å². The molecule has 0 saturated carbocycles. The van der Waals surface area contributed by atoms with Gasteiger partial charge in [-0.15, -0.1) is 0 Å². The Bertz CT molecular complexity index is 970. The van der Waals surface area contributed by atoms with E-state index in [2.05, 4.69) is 4.90 Å². The number of sulfone groups is 1. The highest BCUT2D eigenvalue weighted by molar-refractivity contribution is 7.92. The molecule has 3 aliphatic rings. The molecule has 1 aromatic heterocycles. The van der Waals surface area contributed by atoms with Crippen molar-refractivity contribution in [2.45, 2.75) is 23.7 Å². The lowest BCUT2D eigenvalue weighted by atomic mass is 9.95. The number of amides is 1. The number of rotatable bonds is 3. The van der Waals surface area contributed by atoms with Gasteiger partial charge < -0.3 is 19.0 Å². The topological polar surface area (TPSA) is 80.1 Å². The van der Waals surface area contributed by atoms with Crippen molar-refractivity contribution < 1.29 is 22.4 Å². The van der Waals surface area contributed by atoms with Gasteiger partial charge in [0.05, 0.1) is 30.7 Å². The number of benzene rings is 1. The van der Waals surface area contributed by atoms with Crippen molar-refractivity contribution in [3.63, 3.8) is 0 Å². The molecule has 8 heteroatoms. The van der Waals surface area contributed by atoms with Crippen LogP contribution in [-0.4, -0.2) is 80.1 Å². The van der Waals surface area contributed by atoms with Crippen LogP contribution in [0.3, 0.4) is 0 Å². The van der Waals surface area contributed by atoms with E-state index in [0.29, 0.717) is 25.2 Å². The number of carbonyl (C=O) groups excluding carboxylic acids is 1. The van der Waals surface area contributed by atoms with Gasteiger partial charge in [0, 0.05) is 11.9 Å². The minimum atomic E-state index is -3.24. The first kappa shape index (κ1) is 18.1. The van der Waals surface area contributed by atoms with Gasteiger partial charge >= 0.3 is 0 Å². The summed E-state index contributed by atoms with van der Waals surface area (Å²) in [4.78, 5) is 16.5. The Kier molecular flexibility index (Phi) is 4.26. The Balaban J connectivity index is 1.24. The van der Waals surface area contributed by atoms with Gasteiger partial charge in [-0.3, -0.25) is 4.79 Å². The molecule has 3 saturated heterocycles. The zero-order chi connectivity index (χ0) is 19.4. The maximum Gasteiger partial charge on any atom is 0.289 e. The summed E-state index contributed by atoms with van der Waals surface area (Å²) in [5, 5.41) is 0.415. The van der Waals surface area contributed by atoms with Crippen LogP contribution < -0.4 is 0 Å². The summed E-state index contributed by atoms with van der Waals surface area (Å²) in [5.41, 5.74) is -0.0931. The van der Waals surface area contributed by atoms with Crippen molar-refractivity contribution in [3.8, 4) is 0 Å². The average molecular weight is 404 g/mol. The molecule has 150 valence electrons. The second-order valence-corrected chi connectivity index (χ2v) is 10.5. The van der Waals surface area contributed by atoms with Gasteiger partial charge in [0.2, 0.25) is 0 Å². The van der Waals surface area contributed by atoms with Crippen molar-refractivity contribution in [2.75, 3.05) is 45.1 Å². The fourth-order valence-electron chi connectivity index (χ4n) is 4.54. The fourth-order valence-corrected chi connectivity index (χ4v) is 6.49. The van der Waals surface area contributed by atoms with Crippen LogP contribution in [0.2, 0.25) is 0 Å². The van der Waals surface area contributed by atoms with E-state index in [9.17, 15) is 13.2 Å². The average Bonchev–Trinajstić information content (AvgIpc) is 3.29. The van der Waals surface area contributed by atoms with Crippen molar-refractivity contribution in [2.24, 2.45) is 0 Å². The highest BCUT2D eigenvalue weighted by atomic mass is 32.2. The molecule has 4 heterocycles. The second kappa shape index (κ2) is 6.57. The predicted molar refractivity (Wildman–Crippen MR) is 104 cm³/mol. The smallest absolute Gasteiger partial charge is 0.289 e. The first-order valence-corrected chi connectivity index (χ1v) is 11.5. The molecule has 0 N–H and O–H groups in total. The molecule has 3 fully saturated rings. The van der Waals surface area contributed by atoms with E-state index in [-0.39, 0.29) is 24.0 Å². The fraction of sp³-hybridized carbons (Fsp3) is 0.550. The summed E-state index contributed by atoms with van der Waals surface area (Å²) in [7, 11) is -3.24. The number of ether oxygens (including phenoxy) is 1. The molecule has 1 amide bonds. The SMILES string of the molecule is O=C(c1cc2ccccc2o1)N1CC2(C1)CS(=O)(=O)[C@@H](CN1CCCC1)CO2. The van der Waals surface area contributed by atoms with Gasteiger partial charge in [-0.05, 0) is 38.1 Å². The molecule has 0 unspecified atom stereocenters. The molecular formula is C20H24N2O5S. The number of carbonyl (C=O) groups is 1. The molecule has 1 atom stereocenters. The van der Waals surface area contributed by atoms with Crippen LogP contribution >= 0.6 is 0 Å². The summed E-state index contributed by atoms with van der Waals surface area (Å²) in [6.45, 7) is 3.29. The highest BCUT2D eigenvalue weighted by Gasteiger charge is 2.54. The number of hydrogen-bond donors (Lipinski definition) is 0. The van der Waals surface area contributed by atoms with Crippen LogP contribution in [0.1, 0.15) is 23.4 Å². The lowest BCUT2D eigenvalue weighted by Crippen LogP contribution is -2.71. The number of furan rings is 1. The molecule has 0 bridgehead atoms. The molecule has 7 nitrogen and oxygen atoms in total. The molecular weight excluding hydrogens is 380 g/mol. The molecule has 28 heavy (non-hydrogen) atoms. The Morgan fingerprint density at radius 3 is 2.64 bits per heavy atom. The summed E-state index contributed by atoms with van der Waals surface area (Å²) in [5.74, 6) is 0.0474. The summed E-state index contributed by atoms with van der Waals surface area (Å²) >= 11 is 0. The molecule has 3 aliphatic heterocycles. The predicted octanol–water partition coefficient (Wildman–Crippen LogP) is 1.54. The van der Waals surface area contributed by atoms with Gasteiger partial charge in [0.25, 0.3) is 5.91 Å². The number of fused-ring (bicyclic) bond motifs is 1. The molecule has 0 aliphatic carbocycles. The van der Waals surface area contributed by atoms with Crippen molar-refractivity contribution in [1.82, 2.24) is 9.80 Å². The van der Waals surface area contributed by atoms with E-state index < -0.39 is 20.7 Å². The third kappa shape index (κ3) is 3.13. The summed E-state index contributed by atoms with van der Waals surface area (Å²) in [6, 6.07) is 9.20. The monoisotopic (exact) mass is 404 g/mol. The van der Waals surface area contributed by atoms with E-state index in [1.807, 2.05) is 24.3 Å².